The molecular weight excluding hydrogens is 825 g/mol. The van der Waals surface area contributed by atoms with Crippen LogP contribution in [0.3, 0.4) is 0 Å². The van der Waals surface area contributed by atoms with Crippen molar-refractivity contribution in [2.75, 3.05) is 58.4 Å². The zero-order valence-electron chi connectivity index (χ0n) is 35.2. The summed E-state index contributed by atoms with van der Waals surface area (Å²) in [6, 6.07) is 25.2. The molecule has 5 atom stereocenters. The van der Waals surface area contributed by atoms with Gasteiger partial charge in [-0.05, 0) is 64.5 Å². The first-order valence-corrected chi connectivity index (χ1v) is 22.3. The number of amides is 4. The Morgan fingerprint density at radius 1 is 0.841 bits per heavy atom. The normalized spacial score (nSPS) is 19.7. The Morgan fingerprint density at radius 3 is 2.16 bits per heavy atom. The van der Waals surface area contributed by atoms with Crippen LogP contribution in [0, 0.1) is 23.7 Å². The number of nitrogens with one attached hydrogen (secondary N) is 3. The molecule has 0 bridgehead atoms. The van der Waals surface area contributed by atoms with Gasteiger partial charge in [-0.15, -0.1) is 6.58 Å². The molecule has 2 aliphatic carbocycles. The SMILES string of the molecule is C=C[C@@H]1C[C@H](/C=C/COC(=O)CNC(=O)CNC(=O)[C@H](CC(N)=O)NC(=O)OCC2c3ccccc3-c3ccccc32)[C@@H]2CN(S(=O)(=O)c3cccc4c(N(C)C)cccc34)C[C@@H]21. The number of ether oxygens (including phenoxy) is 2. The van der Waals surface area contributed by atoms with E-state index in [1.54, 1.807) is 22.5 Å². The smallest absolute Gasteiger partial charge is 0.407 e. The second-order valence-electron chi connectivity index (χ2n) is 16.3. The average molecular weight is 877 g/mol. The molecule has 4 amide bonds. The maximum absolute atomic E-state index is 14.1. The van der Waals surface area contributed by atoms with Gasteiger partial charge in [-0.1, -0.05) is 91.0 Å². The van der Waals surface area contributed by atoms with E-state index in [0.717, 1.165) is 39.7 Å². The molecule has 4 aromatic rings. The van der Waals surface area contributed by atoms with Gasteiger partial charge in [0.05, 0.1) is 17.9 Å². The predicted octanol–water partition coefficient (Wildman–Crippen LogP) is 4.08. The van der Waals surface area contributed by atoms with E-state index < -0.39 is 65.4 Å². The number of benzene rings is 4. The third-order valence-electron chi connectivity index (χ3n) is 12.2. The number of rotatable bonds is 17. The first-order chi connectivity index (χ1) is 30.3. The van der Waals surface area contributed by atoms with Gasteiger partial charge in [-0.25, -0.2) is 13.2 Å². The molecule has 0 unspecified atom stereocenters. The Morgan fingerprint density at radius 2 is 1.49 bits per heavy atom. The van der Waals surface area contributed by atoms with Crippen LogP contribution in [0.25, 0.3) is 21.9 Å². The summed E-state index contributed by atoms with van der Waals surface area (Å²) < 4.78 is 40.6. The lowest BCUT2D eigenvalue weighted by Crippen LogP contribution is -2.51. The van der Waals surface area contributed by atoms with Gasteiger partial charge in [0.1, 0.15) is 25.8 Å². The van der Waals surface area contributed by atoms with Gasteiger partial charge < -0.3 is 36.1 Å². The van der Waals surface area contributed by atoms with Crippen molar-refractivity contribution >= 4 is 56.3 Å². The van der Waals surface area contributed by atoms with Crippen molar-refractivity contribution in [3.63, 3.8) is 0 Å². The fourth-order valence-electron chi connectivity index (χ4n) is 9.23. The molecular formula is C47H52N6O9S. The van der Waals surface area contributed by atoms with E-state index in [0.29, 0.717) is 18.5 Å². The number of sulfonamides is 1. The molecule has 1 saturated carbocycles. The molecule has 1 aliphatic heterocycles. The second kappa shape index (κ2) is 19.3. The lowest BCUT2D eigenvalue weighted by molar-refractivity contribution is -0.142. The summed E-state index contributed by atoms with van der Waals surface area (Å²) in [5, 5.41) is 8.62. The number of nitrogens with zero attached hydrogens (tertiary/aromatic N) is 2. The maximum atomic E-state index is 14.1. The van der Waals surface area contributed by atoms with E-state index in [2.05, 4.69) is 22.5 Å². The Bertz CT molecular complexity index is 2520. The van der Waals surface area contributed by atoms with Crippen molar-refractivity contribution in [3.8, 4) is 11.1 Å². The number of anilines is 1. The molecule has 0 spiro atoms. The summed E-state index contributed by atoms with van der Waals surface area (Å²) in [6.07, 6.45) is 4.88. The minimum atomic E-state index is -3.81. The number of primary amides is 1. The molecule has 2 fully saturated rings. The minimum Gasteiger partial charge on any atom is -0.460 e. The second-order valence-corrected chi connectivity index (χ2v) is 18.2. The largest absolute Gasteiger partial charge is 0.460 e. The van der Waals surface area contributed by atoms with Crippen molar-refractivity contribution in [2.24, 2.45) is 29.4 Å². The summed E-state index contributed by atoms with van der Waals surface area (Å²) in [5.41, 5.74) is 10.4. The highest BCUT2D eigenvalue weighted by molar-refractivity contribution is 7.89. The van der Waals surface area contributed by atoms with Crippen LogP contribution in [0.5, 0.6) is 0 Å². The number of hydrogen-bond donors (Lipinski definition) is 4. The van der Waals surface area contributed by atoms with Crippen molar-refractivity contribution in [3.05, 3.63) is 121 Å². The van der Waals surface area contributed by atoms with Crippen molar-refractivity contribution < 1.29 is 41.9 Å². The van der Waals surface area contributed by atoms with E-state index in [-0.39, 0.29) is 47.7 Å². The quantitative estimate of drug-likeness (QED) is 0.0884. The van der Waals surface area contributed by atoms with Gasteiger partial charge in [0.2, 0.25) is 27.7 Å². The molecule has 15 nitrogen and oxygen atoms in total. The van der Waals surface area contributed by atoms with Gasteiger partial charge in [-0.3, -0.25) is 19.2 Å². The Balaban J connectivity index is 0.850. The number of hydrogen-bond acceptors (Lipinski definition) is 10. The van der Waals surface area contributed by atoms with E-state index in [1.807, 2.05) is 104 Å². The van der Waals surface area contributed by atoms with E-state index in [1.165, 1.54) is 0 Å². The van der Waals surface area contributed by atoms with Crippen LogP contribution in [-0.4, -0.2) is 102 Å². The third kappa shape index (κ3) is 9.76. The highest BCUT2D eigenvalue weighted by Crippen LogP contribution is 2.49. The fourth-order valence-corrected chi connectivity index (χ4v) is 11.0. The third-order valence-corrected chi connectivity index (χ3v) is 14.1. The molecule has 16 heteroatoms. The highest BCUT2D eigenvalue weighted by atomic mass is 32.2. The Hall–Kier alpha value is -6.52. The number of nitrogens with two attached hydrogens (primary N) is 1. The summed E-state index contributed by atoms with van der Waals surface area (Å²) in [6.45, 7) is 3.63. The van der Waals surface area contributed by atoms with Gasteiger partial charge in [-0.2, -0.15) is 4.31 Å². The molecule has 1 saturated heterocycles. The number of esters is 1. The van der Waals surface area contributed by atoms with Crippen molar-refractivity contribution in [1.82, 2.24) is 20.3 Å². The van der Waals surface area contributed by atoms with Crippen LogP contribution in [0.4, 0.5) is 10.5 Å². The lowest BCUT2D eigenvalue weighted by Gasteiger charge is -2.22. The topological polar surface area (TPSA) is 207 Å². The summed E-state index contributed by atoms with van der Waals surface area (Å²) in [5.74, 6) is -3.09. The summed E-state index contributed by atoms with van der Waals surface area (Å²) in [4.78, 5) is 64.8. The number of alkyl carbamates (subject to hydrolysis) is 1. The molecule has 63 heavy (non-hydrogen) atoms. The molecule has 0 radical (unpaired) electrons. The molecule has 3 aliphatic rings. The van der Waals surface area contributed by atoms with Crippen LogP contribution >= 0.6 is 0 Å². The minimum absolute atomic E-state index is 0.0207. The standard InChI is InChI=1S/C47H52N6O9S/c1-4-29-22-30(38-27-53(26-37(29)38)63(59,60)42-20-10-17-35-36(42)18-9-19-41(35)52(2)3)12-11-21-61-45(56)25-49-44(55)24-50-46(57)40(23-43(48)54)51-47(58)62-28-39-33-15-7-5-13-31(33)32-14-6-8-16-34(32)39/h4-20,29-30,37-40H,1,21-28H2,2-3H3,(H2,48,54)(H,49,55)(H,50,57)(H,51,58)/b12-11+/t29-,30+,37-,38+,40+/m1/s1. The zero-order chi connectivity index (χ0) is 44.8. The zero-order valence-corrected chi connectivity index (χ0v) is 36.0. The lowest BCUT2D eigenvalue weighted by atomic mass is 9.90. The molecule has 1 heterocycles. The molecule has 5 N–H and O–H groups in total. The highest BCUT2D eigenvalue weighted by Gasteiger charge is 2.49. The summed E-state index contributed by atoms with van der Waals surface area (Å²) >= 11 is 0. The van der Waals surface area contributed by atoms with Gasteiger partial charge >= 0.3 is 12.1 Å². The number of allylic oxidation sites excluding steroid dienone is 2. The van der Waals surface area contributed by atoms with Crippen LogP contribution in [0.1, 0.15) is 29.9 Å². The molecule has 330 valence electrons. The van der Waals surface area contributed by atoms with Gasteiger partial charge in [0.25, 0.3) is 0 Å². The monoisotopic (exact) mass is 876 g/mol. The predicted molar refractivity (Wildman–Crippen MR) is 238 cm³/mol. The van der Waals surface area contributed by atoms with E-state index in [4.69, 9.17) is 15.2 Å². The summed E-state index contributed by atoms with van der Waals surface area (Å²) in [7, 11) is 0.0428. The Labute approximate surface area is 366 Å². The molecule has 4 aromatic carbocycles. The van der Waals surface area contributed by atoms with Gasteiger partial charge in [0, 0.05) is 49.6 Å². The first-order valence-electron chi connectivity index (χ1n) is 20.8. The number of fused-ring (bicyclic) bond motifs is 5. The first kappa shape index (κ1) is 44.5. The van der Waals surface area contributed by atoms with Gasteiger partial charge in [0.15, 0.2) is 0 Å². The molecule has 0 aromatic heterocycles. The Kier molecular flexibility index (Phi) is 13.6. The van der Waals surface area contributed by atoms with E-state index >= 15 is 0 Å². The molecule has 7 rings (SSSR count). The van der Waals surface area contributed by atoms with Crippen LogP contribution in [0.15, 0.2) is 115 Å². The van der Waals surface area contributed by atoms with Crippen LogP contribution < -0.4 is 26.6 Å². The average Bonchev–Trinajstić information content (AvgIpc) is 3.96. The fraction of sp³-hybridized carbons (Fsp3) is 0.340. The number of carbonyl (C=O) groups excluding carboxylic acids is 5. The van der Waals surface area contributed by atoms with Crippen LogP contribution in [0.2, 0.25) is 0 Å². The maximum Gasteiger partial charge on any atom is 0.407 e. The van der Waals surface area contributed by atoms with Crippen molar-refractivity contribution in [2.45, 2.75) is 29.7 Å². The number of carbonyl (C=O) groups is 5. The van der Waals surface area contributed by atoms with Crippen molar-refractivity contribution in [1.29, 1.82) is 0 Å². The van der Waals surface area contributed by atoms with Crippen LogP contribution in [-0.2, 0) is 38.7 Å². The van der Waals surface area contributed by atoms with E-state index in [9.17, 15) is 32.4 Å².